The Bertz CT molecular complexity index is 175. The molecule has 0 atom stereocenters. The molecule has 2 saturated carbocycles. The van der Waals surface area contributed by atoms with E-state index in [9.17, 15) is 4.79 Å². The van der Waals surface area contributed by atoms with Crippen LogP contribution in [0.1, 0.15) is 64.2 Å². The first-order valence-corrected chi connectivity index (χ1v) is 6.58. The third-order valence-electron chi connectivity index (χ3n) is 4.04. The molecule has 0 aromatic heterocycles. The summed E-state index contributed by atoms with van der Waals surface area (Å²) in [7, 11) is 0. The maximum absolute atomic E-state index is 11.1. The number of hydrogen-bond acceptors (Lipinski definition) is 1. The third-order valence-corrected chi connectivity index (χ3v) is 4.04. The number of hydrogen-bond donors (Lipinski definition) is 0. The zero-order valence-electron chi connectivity index (χ0n) is 9.58. The van der Waals surface area contributed by atoms with Gasteiger partial charge in [-0.15, -0.1) is 0 Å². The second kappa shape index (κ2) is 5.53. The third kappa shape index (κ3) is 2.73. The Kier molecular flexibility index (Phi) is 4.04. The highest BCUT2D eigenvalue weighted by Crippen LogP contribution is 2.28. The molecule has 2 fully saturated rings. The lowest BCUT2D eigenvalue weighted by molar-refractivity contribution is 0.152. The van der Waals surface area contributed by atoms with Crippen LogP contribution in [0.4, 0.5) is 0 Å². The summed E-state index contributed by atoms with van der Waals surface area (Å²) in [5, 5.41) is 0. The van der Waals surface area contributed by atoms with Crippen molar-refractivity contribution in [3.8, 4) is 0 Å². The highest BCUT2D eigenvalue weighted by atomic mass is 16.1. The van der Waals surface area contributed by atoms with Gasteiger partial charge in [-0.05, 0) is 25.7 Å². The molecule has 0 bridgehead atoms. The molecule has 0 spiro atoms. The van der Waals surface area contributed by atoms with Crippen molar-refractivity contribution in [1.29, 1.82) is 0 Å². The molecule has 2 nitrogen and oxygen atoms in total. The summed E-state index contributed by atoms with van der Waals surface area (Å²) in [6.07, 6.45) is 15.0. The van der Waals surface area contributed by atoms with Gasteiger partial charge in [0.1, 0.15) is 0 Å². The quantitative estimate of drug-likeness (QED) is 0.653. The summed E-state index contributed by atoms with van der Waals surface area (Å²) >= 11 is 0. The minimum Gasteiger partial charge on any atom is -0.328 e. The highest BCUT2D eigenvalue weighted by Gasteiger charge is 2.27. The van der Waals surface area contributed by atoms with Gasteiger partial charge in [0.15, 0.2) is 0 Å². The molecule has 0 saturated heterocycles. The summed E-state index contributed by atoms with van der Waals surface area (Å²) in [6, 6.07) is 1.03. The highest BCUT2D eigenvalue weighted by molar-refractivity contribution is 5.49. The van der Waals surface area contributed by atoms with Crippen molar-refractivity contribution in [3.63, 3.8) is 0 Å². The van der Waals surface area contributed by atoms with Gasteiger partial charge >= 0.3 is 6.41 Å². The maximum atomic E-state index is 11.1. The fraction of sp³-hybridized carbons (Fsp3) is 0.923. The van der Waals surface area contributed by atoms with Crippen molar-refractivity contribution in [2.75, 3.05) is 0 Å². The Morgan fingerprint density at radius 3 is 1.47 bits per heavy atom. The molecule has 2 heteroatoms. The number of carbonyl (C=O) groups excluding carboxylic acids is 1. The van der Waals surface area contributed by atoms with E-state index in [0.717, 1.165) is 0 Å². The monoisotopic (exact) mass is 208 g/mol. The second-order valence-electron chi connectivity index (χ2n) is 5.08. The van der Waals surface area contributed by atoms with Crippen LogP contribution in [0.3, 0.4) is 0 Å². The average molecular weight is 208 g/mol. The van der Waals surface area contributed by atoms with Crippen LogP contribution in [-0.4, -0.2) is 23.4 Å². The summed E-state index contributed by atoms with van der Waals surface area (Å²) < 4.78 is 0. The van der Waals surface area contributed by atoms with Crippen LogP contribution in [0, 0.1) is 0 Å². The molecule has 15 heavy (non-hydrogen) atoms. The van der Waals surface area contributed by atoms with Crippen molar-refractivity contribution >= 4 is 6.41 Å². The van der Waals surface area contributed by atoms with Gasteiger partial charge in [-0.2, -0.15) is 0 Å². The fourth-order valence-corrected chi connectivity index (χ4v) is 3.17. The minimum absolute atomic E-state index is 0.513. The fourth-order valence-electron chi connectivity index (χ4n) is 3.17. The van der Waals surface area contributed by atoms with Gasteiger partial charge in [0.2, 0.25) is 0 Å². The molecule has 0 N–H and O–H groups in total. The van der Waals surface area contributed by atoms with Gasteiger partial charge in [0.25, 0.3) is 0 Å². The van der Waals surface area contributed by atoms with E-state index in [1.54, 1.807) is 0 Å². The van der Waals surface area contributed by atoms with E-state index < -0.39 is 0 Å². The largest absolute Gasteiger partial charge is 0.328 e. The van der Waals surface area contributed by atoms with E-state index in [2.05, 4.69) is 6.41 Å². The molecular weight excluding hydrogens is 186 g/mol. The SMILES string of the molecule is O=[C]N(C1CCCCC1)C1CCCCC1. The molecular formula is C13H22NO. The van der Waals surface area contributed by atoms with E-state index in [1.165, 1.54) is 64.2 Å². The Labute approximate surface area is 93.0 Å². The first-order chi connectivity index (χ1) is 7.42. The first-order valence-electron chi connectivity index (χ1n) is 6.58. The van der Waals surface area contributed by atoms with E-state index in [0.29, 0.717) is 12.1 Å². The van der Waals surface area contributed by atoms with Crippen LogP contribution >= 0.6 is 0 Å². The smallest absolute Gasteiger partial charge is 0.312 e. The number of rotatable bonds is 3. The van der Waals surface area contributed by atoms with Crippen molar-refractivity contribution < 1.29 is 4.79 Å². The van der Waals surface area contributed by atoms with Crippen LogP contribution in [0.25, 0.3) is 0 Å². The first kappa shape index (κ1) is 11.0. The molecule has 0 aliphatic heterocycles. The zero-order valence-corrected chi connectivity index (χ0v) is 9.58. The van der Waals surface area contributed by atoms with Gasteiger partial charge in [-0.3, -0.25) is 4.79 Å². The van der Waals surface area contributed by atoms with Crippen molar-refractivity contribution in [2.45, 2.75) is 76.3 Å². The molecule has 2 rings (SSSR count). The summed E-state index contributed by atoms with van der Waals surface area (Å²) in [4.78, 5) is 13.1. The Balaban J connectivity index is 1.91. The second-order valence-corrected chi connectivity index (χ2v) is 5.08. The molecule has 2 aliphatic rings. The number of nitrogens with zero attached hydrogens (tertiary/aromatic N) is 1. The molecule has 0 heterocycles. The van der Waals surface area contributed by atoms with Crippen LogP contribution in [0.15, 0.2) is 0 Å². The standard InChI is InChI=1S/C13H22NO/c15-11-14(12-7-3-1-4-8-12)13-9-5-2-6-10-13/h12-13H,1-10H2. The van der Waals surface area contributed by atoms with E-state index in [1.807, 2.05) is 4.90 Å². The summed E-state index contributed by atoms with van der Waals surface area (Å²) in [5.41, 5.74) is 0. The van der Waals surface area contributed by atoms with E-state index in [-0.39, 0.29) is 0 Å². The normalized spacial score (nSPS) is 25.1. The van der Waals surface area contributed by atoms with Crippen LogP contribution < -0.4 is 0 Å². The Morgan fingerprint density at radius 2 is 1.13 bits per heavy atom. The predicted molar refractivity (Wildman–Crippen MR) is 61.3 cm³/mol. The van der Waals surface area contributed by atoms with Crippen LogP contribution in [0.2, 0.25) is 0 Å². The van der Waals surface area contributed by atoms with Crippen molar-refractivity contribution in [2.24, 2.45) is 0 Å². The lowest BCUT2D eigenvalue weighted by atomic mass is 9.89. The lowest BCUT2D eigenvalue weighted by Crippen LogP contribution is -2.44. The van der Waals surface area contributed by atoms with Gasteiger partial charge in [-0.25, -0.2) is 0 Å². The molecule has 1 amide bonds. The van der Waals surface area contributed by atoms with E-state index in [4.69, 9.17) is 0 Å². The minimum atomic E-state index is 0.513. The van der Waals surface area contributed by atoms with Gasteiger partial charge in [-0.1, -0.05) is 38.5 Å². The summed E-state index contributed by atoms with van der Waals surface area (Å²) in [6.45, 7) is 0. The topological polar surface area (TPSA) is 20.3 Å². The van der Waals surface area contributed by atoms with Crippen LogP contribution in [-0.2, 0) is 4.79 Å². The zero-order chi connectivity index (χ0) is 10.5. The lowest BCUT2D eigenvalue weighted by Gasteiger charge is -2.38. The molecule has 1 radical (unpaired) electrons. The molecule has 0 aromatic carbocycles. The Morgan fingerprint density at radius 1 is 0.733 bits per heavy atom. The Hall–Kier alpha value is -0.530. The van der Waals surface area contributed by atoms with Crippen molar-refractivity contribution in [3.05, 3.63) is 0 Å². The molecule has 0 aromatic rings. The maximum Gasteiger partial charge on any atom is 0.312 e. The van der Waals surface area contributed by atoms with Crippen molar-refractivity contribution in [1.82, 2.24) is 4.90 Å². The van der Waals surface area contributed by atoms with Gasteiger partial charge in [0.05, 0.1) is 0 Å². The molecule has 0 unspecified atom stereocenters. The predicted octanol–water partition coefficient (Wildman–Crippen LogP) is 3.02. The molecule has 2 aliphatic carbocycles. The molecule has 85 valence electrons. The average Bonchev–Trinajstić information content (AvgIpc) is 2.33. The van der Waals surface area contributed by atoms with Gasteiger partial charge in [0, 0.05) is 12.1 Å². The number of amides is 1. The summed E-state index contributed by atoms with van der Waals surface area (Å²) in [5.74, 6) is 0. The van der Waals surface area contributed by atoms with E-state index >= 15 is 0 Å². The van der Waals surface area contributed by atoms with Gasteiger partial charge < -0.3 is 4.90 Å². The van der Waals surface area contributed by atoms with Crippen LogP contribution in [0.5, 0.6) is 0 Å².